The predicted molar refractivity (Wildman–Crippen MR) is 81.1 cm³/mol. The largest absolute Gasteiger partial charge is 0.481 e. The molecule has 2 rings (SSSR count). The summed E-state index contributed by atoms with van der Waals surface area (Å²) in [6, 6.07) is 0.0264. The summed E-state index contributed by atoms with van der Waals surface area (Å²) in [5, 5.41) is 15.4. The van der Waals surface area contributed by atoms with Crippen LogP contribution >= 0.6 is 0 Å². The number of urea groups is 1. The first-order chi connectivity index (χ1) is 10.0. The number of hydrogen-bond donors (Lipinski definition) is 3. The van der Waals surface area contributed by atoms with E-state index in [0.717, 1.165) is 44.9 Å². The van der Waals surface area contributed by atoms with Gasteiger partial charge in [0.1, 0.15) is 0 Å². The van der Waals surface area contributed by atoms with E-state index in [-0.39, 0.29) is 18.6 Å². The number of rotatable bonds is 4. The highest BCUT2D eigenvalue weighted by atomic mass is 16.4. The minimum atomic E-state index is -0.769. The second-order valence-corrected chi connectivity index (χ2v) is 6.84. The highest BCUT2D eigenvalue weighted by molar-refractivity contribution is 5.78. The molecule has 0 saturated heterocycles. The lowest BCUT2D eigenvalue weighted by molar-refractivity contribution is -0.149. The third kappa shape index (κ3) is 4.11. The minimum Gasteiger partial charge on any atom is -0.481 e. The molecule has 5 heteroatoms. The number of aliphatic carboxylic acids is 1. The quantitative estimate of drug-likeness (QED) is 0.698. The van der Waals surface area contributed by atoms with Gasteiger partial charge < -0.3 is 15.7 Å². The van der Waals surface area contributed by atoms with Gasteiger partial charge in [0, 0.05) is 12.6 Å². The highest BCUT2D eigenvalue weighted by Crippen LogP contribution is 2.34. The fourth-order valence-electron chi connectivity index (χ4n) is 3.70. The number of carboxylic acids is 1. The summed E-state index contributed by atoms with van der Waals surface area (Å²) in [7, 11) is 0. The molecule has 2 saturated carbocycles. The summed E-state index contributed by atoms with van der Waals surface area (Å²) in [5.41, 5.74) is -0.769. The van der Waals surface area contributed by atoms with Crippen LogP contribution in [0.4, 0.5) is 4.79 Å². The van der Waals surface area contributed by atoms with Gasteiger partial charge in [0.2, 0.25) is 0 Å². The maximum absolute atomic E-state index is 12.0. The standard InChI is InChI=1S/C16H28N2O3/c1-12-7-6-8-13(12)18-15(21)17-11-16(14(19)20)9-4-2-3-5-10-16/h12-13H,2-11H2,1H3,(H,19,20)(H2,17,18,21). The van der Waals surface area contributed by atoms with Crippen molar-refractivity contribution in [1.29, 1.82) is 0 Å². The Bertz CT molecular complexity index is 376. The van der Waals surface area contributed by atoms with E-state index in [4.69, 9.17) is 0 Å². The zero-order valence-corrected chi connectivity index (χ0v) is 13.0. The molecule has 2 aliphatic rings. The van der Waals surface area contributed by atoms with Crippen molar-refractivity contribution >= 4 is 12.0 Å². The Morgan fingerprint density at radius 1 is 1.10 bits per heavy atom. The summed E-state index contributed by atoms with van der Waals surface area (Å²) in [4.78, 5) is 23.7. The van der Waals surface area contributed by atoms with Crippen molar-refractivity contribution in [1.82, 2.24) is 10.6 Å². The van der Waals surface area contributed by atoms with E-state index in [1.54, 1.807) is 0 Å². The molecule has 0 aliphatic heterocycles. The summed E-state index contributed by atoms with van der Waals surface area (Å²) in [6.45, 7) is 2.40. The van der Waals surface area contributed by atoms with Crippen molar-refractivity contribution in [3.05, 3.63) is 0 Å². The lowest BCUT2D eigenvalue weighted by Gasteiger charge is -2.28. The van der Waals surface area contributed by atoms with Crippen LogP contribution in [0.25, 0.3) is 0 Å². The monoisotopic (exact) mass is 296 g/mol. The molecule has 3 N–H and O–H groups in total. The average Bonchev–Trinajstić information content (AvgIpc) is 2.72. The van der Waals surface area contributed by atoms with Crippen molar-refractivity contribution in [2.24, 2.45) is 11.3 Å². The summed E-state index contributed by atoms with van der Waals surface area (Å²) >= 11 is 0. The molecule has 0 aromatic rings. The second kappa shape index (κ2) is 7.14. The Morgan fingerprint density at radius 2 is 1.76 bits per heavy atom. The van der Waals surface area contributed by atoms with Gasteiger partial charge in [-0.3, -0.25) is 4.79 Å². The van der Waals surface area contributed by atoms with Crippen LogP contribution in [0.5, 0.6) is 0 Å². The van der Waals surface area contributed by atoms with Crippen LogP contribution in [0, 0.1) is 11.3 Å². The van der Waals surface area contributed by atoms with Gasteiger partial charge in [-0.2, -0.15) is 0 Å². The van der Waals surface area contributed by atoms with Gasteiger partial charge >= 0.3 is 12.0 Å². The third-order valence-electron chi connectivity index (χ3n) is 5.28. The fraction of sp³-hybridized carbons (Fsp3) is 0.875. The lowest BCUT2D eigenvalue weighted by atomic mass is 9.80. The molecule has 5 nitrogen and oxygen atoms in total. The molecule has 2 atom stereocenters. The first-order valence-corrected chi connectivity index (χ1v) is 8.31. The van der Waals surface area contributed by atoms with Crippen molar-refractivity contribution < 1.29 is 14.7 Å². The van der Waals surface area contributed by atoms with Crippen molar-refractivity contribution in [3.8, 4) is 0 Å². The molecule has 2 fully saturated rings. The van der Waals surface area contributed by atoms with Crippen LogP contribution in [0.3, 0.4) is 0 Å². The molecule has 21 heavy (non-hydrogen) atoms. The van der Waals surface area contributed by atoms with Gasteiger partial charge in [-0.25, -0.2) is 4.79 Å². The van der Waals surface area contributed by atoms with Crippen molar-refractivity contribution in [2.75, 3.05) is 6.54 Å². The minimum absolute atomic E-state index is 0.210. The van der Waals surface area contributed by atoms with Gasteiger partial charge in [-0.05, 0) is 31.6 Å². The molecule has 120 valence electrons. The lowest BCUT2D eigenvalue weighted by Crippen LogP contribution is -2.49. The van der Waals surface area contributed by atoms with Crippen molar-refractivity contribution in [3.63, 3.8) is 0 Å². The number of amides is 2. The molecule has 2 unspecified atom stereocenters. The van der Waals surface area contributed by atoms with E-state index in [0.29, 0.717) is 18.8 Å². The number of carbonyl (C=O) groups is 2. The number of carboxylic acid groups (broad SMARTS) is 1. The van der Waals surface area contributed by atoms with E-state index in [9.17, 15) is 14.7 Å². The topological polar surface area (TPSA) is 78.4 Å². The van der Waals surface area contributed by atoms with Crippen LogP contribution in [-0.4, -0.2) is 29.7 Å². The van der Waals surface area contributed by atoms with E-state index in [1.807, 2.05) is 0 Å². The van der Waals surface area contributed by atoms with E-state index >= 15 is 0 Å². The molecule has 0 heterocycles. The Labute approximate surface area is 126 Å². The molecule has 0 aromatic heterocycles. The van der Waals surface area contributed by atoms with Crippen LogP contribution in [-0.2, 0) is 4.79 Å². The predicted octanol–water partition coefficient (Wildman–Crippen LogP) is 2.90. The number of nitrogens with one attached hydrogen (secondary N) is 2. The van der Waals surface area contributed by atoms with E-state index < -0.39 is 11.4 Å². The third-order valence-corrected chi connectivity index (χ3v) is 5.28. The van der Waals surface area contributed by atoms with Crippen LogP contribution in [0.15, 0.2) is 0 Å². The number of hydrogen-bond acceptors (Lipinski definition) is 2. The fourth-order valence-corrected chi connectivity index (χ4v) is 3.70. The van der Waals surface area contributed by atoms with Gasteiger partial charge in [0.05, 0.1) is 5.41 Å². The maximum Gasteiger partial charge on any atom is 0.315 e. The van der Waals surface area contributed by atoms with Crippen molar-refractivity contribution in [2.45, 2.75) is 70.8 Å². The smallest absolute Gasteiger partial charge is 0.315 e. The molecule has 0 aromatic carbocycles. The molecular formula is C16H28N2O3. The van der Waals surface area contributed by atoms with Gasteiger partial charge in [-0.15, -0.1) is 0 Å². The van der Waals surface area contributed by atoms with E-state index in [1.165, 1.54) is 0 Å². The van der Waals surface area contributed by atoms with Crippen LogP contribution in [0.1, 0.15) is 64.7 Å². The Kier molecular flexibility index (Phi) is 5.48. The Balaban J connectivity index is 1.86. The molecule has 0 bridgehead atoms. The van der Waals surface area contributed by atoms with E-state index in [2.05, 4.69) is 17.6 Å². The van der Waals surface area contributed by atoms with Crippen LogP contribution in [0.2, 0.25) is 0 Å². The number of carbonyl (C=O) groups excluding carboxylic acids is 1. The molecule has 2 aliphatic carbocycles. The molecule has 0 radical (unpaired) electrons. The second-order valence-electron chi connectivity index (χ2n) is 6.84. The summed E-state index contributed by atoms with van der Waals surface area (Å²) in [6.07, 6.45) is 8.75. The zero-order valence-electron chi connectivity index (χ0n) is 13.0. The molecule has 0 spiro atoms. The first-order valence-electron chi connectivity index (χ1n) is 8.31. The Hall–Kier alpha value is -1.26. The molecular weight excluding hydrogens is 268 g/mol. The normalized spacial score (nSPS) is 28.6. The van der Waals surface area contributed by atoms with Gasteiger partial charge in [0.15, 0.2) is 0 Å². The highest BCUT2D eigenvalue weighted by Gasteiger charge is 2.39. The van der Waals surface area contributed by atoms with Crippen LogP contribution < -0.4 is 10.6 Å². The maximum atomic E-state index is 12.0. The van der Waals surface area contributed by atoms with Gasteiger partial charge in [-0.1, -0.05) is 39.0 Å². The zero-order chi connectivity index (χ0) is 15.3. The summed E-state index contributed by atoms with van der Waals surface area (Å²) < 4.78 is 0. The first kappa shape index (κ1) is 16.1. The molecule has 2 amide bonds. The Morgan fingerprint density at radius 3 is 2.29 bits per heavy atom. The summed E-state index contributed by atoms with van der Waals surface area (Å²) in [5.74, 6) is -0.249. The van der Waals surface area contributed by atoms with Gasteiger partial charge in [0.25, 0.3) is 0 Å². The average molecular weight is 296 g/mol. The SMILES string of the molecule is CC1CCCC1NC(=O)NCC1(C(=O)O)CCCCCC1.